The lowest BCUT2D eigenvalue weighted by Gasteiger charge is -2.07. The smallest absolute Gasteiger partial charge is 0.342 e. The number of ether oxygens (including phenoxy) is 2. The second-order valence-electron chi connectivity index (χ2n) is 3.20. The first-order chi connectivity index (χ1) is 8.47. The lowest BCUT2D eigenvalue weighted by molar-refractivity contribution is -0.385. The number of benzene rings is 1. The van der Waals surface area contributed by atoms with Crippen LogP contribution in [0.25, 0.3) is 0 Å². The Kier molecular flexibility index (Phi) is 4.55. The van der Waals surface area contributed by atoms with Crippen molar-refractivity contribution in [3.05, 3.63) is 33.6 Å². The van der Waals surface area contributed by atoms with Crippen LogP contribution in [-0.4, -0.2) is 36.3 Å². The number of hydrogen-bond donors (Lipinski definition) is 1. The molecule has 0 radical (unpaired) electrons. The molecule has 1 rings (SSSR count). The molecule has 0 aliphatic carbocycles. The van der Waals surface area contributed by atoms with E-state index in [1.807, 2.05) is 0 Å². The van der Waals surface area contributed by atoms with Gasteiger partial charge < -0.3 is 14.6 Å². The number of halogens is 1. The van der Waals surface area contributed by atoms with Crippen LogP contribution in [0.5, 0.6) is 5.75 Å². The van der Waals surface area contributed by atoms with Crippen molar-refractivity contribution >= 4 is 11.7 Å². The van der Waals surface area contributed by atoms with Crippen LogP contribution in [-0.2, 0) is 4.74 Å². The Bertz CT molecular complexity index is 476. The van der Waals surface area contributed by atoms with Crippen LogP contribution >= 0.6 is 0 Å². The van der Waals surface area contributed by atoms with Crippen LogP contribution in [0.2, 0.25) is 0 Å². The number of hydrogen-bond acceptors (Lipinski definition) is 5. The number of nitro groups is 1. The summed E-state index contributed by atoms with van der Waals surface area (Å²) in [6.45, 7) is 0.184. The van der Waals surface area contributed by atoms with Crippen LogP contribution in [0.4, 0.5) is 10.1 Å². The van der Waals surface area contributed by atoms with Gasteiger partial charge in [-0.2, -0.15) is 0 Å². The van der Waals surface area contributed by atoms with E-state index in [9.17, 15) is 19.3 Å². The van der Waals surface area contributed by atoms with Crippen molar-refractivity contribution in [2.24, 2.45) is 0 Å². The summed E-state index contributed by atoms with van der Waals surface area (Å²) < 4.78 is 23.0. The highest BCUT2D eigenvalue weighted by molar-refractivity contribution is 5.92. The van der Waals surface area contributed by atoms with Gasteiger partial charge in [0.05, 0.1) is 17.6 Å². The van der Waals surface area contributed by atoms with Gasteiger partial charge in [-0.15, -0.1) is 0 Å². The minimum absolute atomic E-state index is 0.00426. The van der Waals surface area contributed by atoms with Gasteiger partial charge in [0.2, 0.25) is 0 Å². The van der Waals surface area contributed by atoms with E-state index in [1.54, 1.807) is 0 Å². The number of carbonyl (C=O) groups is 1. The van der Waals surface area contributed by atoms with Gasteiger partial charge in [-0.25, -0.2) is 9.18 Å². The Balaban J connectivity index is 3.11. The largest absolute Gasteiger partial charge is 0.488 e. The third-order valence-electron chi connectivity index (χ3n) is 2.02. The zero-order valence-corrected chi connectivity index (χ0v) is 9.38. The fourth-order valence-electron chi connectivity index (χ4n) is 1.21. The molecule has 0 saturated carbocycles. The Morgan fingerprint density at radius 2 is 2.17 bits per heavy atom. The summed E-state index contributed by atoms with van der Waals surface area (Å²) in [4.78, 5) is 20.4. The van der Waals surface area contributed by atoms with E-state index in [0.29, 0.717) is 6.07 Å². The molecule has 0 aliphatic rings. The fraction of sp³-hybridized carbons (Fsp3) is 0.300. The number of carboxylic acid groups (broad SMARTS) is 1. The average molecular weight is 259 g/mol. The lowest BCUT2D eigenvalue weighted by Crippen LogP contribution is -2.08. The van der Waals surface area contributed by atoms with E-state index in [4.69, 9.17) is 9.84 Å². The predicted molar refractivity (Wildman–Crippen MR) is 57.4 cm³/mol. The van der Waals surface area contributed by atoms with Gasteiger partial charge in [-0.1, -0.05) is 0 Å². The summed E-state index contributed by atoms with van der Waals surface area (Å²) in [5.41, 5.74) is -1.45. The standard InChI is InChI=1S/C10H10FNO6/c1-17-2-3-18-9-4-6(10(13)14)8(12(15)16)5-7(9)11/h4-5H,2-3H2,1H3,(H,13,14). The molecule has 0 aliphatic heterocycles. The molecule has 7 nitrogen and oxygen atoms in total. The average Bonchev–Trinajstić information content (AvgIpc) is 2.30. The van der Waals surface area contributed by atoms with Gasteiger partial charge in [0.1, 0.15) is 12.2 Å². The normalized spacial score (nSPS) is 10.1. The Hall–Kier alpha value is -2.22. The van der Waals surface area contributed by atoms with Crippen LogP contribution in [0.15, 0.2) is 12.1 Å². The molecular weight excluding hydrogens is 249 g/mol. The van der Waals surface area contributed by atoms with E-state index in [0.717, 1.165) is 6.07 Å². The molecular formula is C10H10FNO6. The quantitative estimate of drug-likeness (QED) is 0.471. The maximum atomic E-state index is 13.4. The van der Waals surface area contributed by atoms with Crippen molar-refractivity contribution in [2.75, 3.05) is 20.3 Å². The Morgan fingerprint density at radius 1 is 1.50 bits per heavy atom. The Labute approximate surface area is 101 Å². The molecule has 0 spiro atoms. The van der Waals surface area contributed by atoms with E-state index in [1.165, 1.54) is 7.11 Å². The van der Waals surface area contributed by atoms with Crippen molar-refractivity contribution < 1.29 is 28.7 Å². The van der Waals surface area contributed by atoms with E-state index in [-0.39, 0.29) is 19.0 Å². The highest BCUT2D eigenvalue weighted by Gasteiger charge is 2.23. The highest BCUT2D eigenvalue weighted by atomic mass is 19.1. The van der Waals surface area contributed by atoms with Crippen LogP contribution in [0, 0.1) is 15.9 Å². The number of rotatable bonds is 6. The summed E-state index contributed by atoms with van der Waals surface area (Å²) in [5, 5.41) is 19.4. The molecule has 0 unspecified atom stereocenters. The topological polar surface area (TPSA) is 98.9 Å². The number of nitrogens with zero attached hydrogens (tertiary/aromatic N) is 1. The monoisotopic (exact) mass is 259 g/mol. The second kappa shape index (κ2) is 5.92. The van der Waals surface area contributed by atoms with E-state index < -0.39 is 28.0 Å². The van der Waals surface area contributed by atoms with E-state index in [2.05, 4.69) is 4.74 Å². The van der Waals surface area contributed by atoms with Gasteiger partial charge in [-0.3, -0.25) is 10.1 Å². The molecule has 0 bridgehead atoms. The fourth-order valence-corrected chi connectivity index (χ4v) is 1.21. The Morgan fingerprint density at radius 3 is 2.67 bits per heavy atom. The molecule has 0 aromatic heterocycles. The zero-order valence-electron chi connectivity index (χ0n) is 9.38. The molecule has 1 aromatic carbocycles. The second-order valence-corrected chi connectivity index (χ2v) is 3.20. The molecule has 0 saturated heterocycles. The number of methoxy groups -OCH3 is 1. The molecule has 0 amide bonds. The SMILES string of the molecule is COCCOc1cc(C(=O)O)c([N+](=O)[O-])cc1F. The minimum Gasteiger partial charge on any atom is -0.488 e. The molecule has 0 atom stereocenters. The van der Waals surface area contributed by atoms with Gasteiger partial charge >= 0.3 is 5.97 Å². The van der Waals surface area contributed by atoms with Gasteiger partial charge in [0.25, 0.3) is 5.69 Å². The van der Waals surface area contributed by atoms with Gasteiger partial charge in [0, 0.05) is 13.2 Å². The first-order valence-electron chi connectivity index (χ1n) is 4.80. The first kappa shape index (κ1) is 13.8. The maximum Gasteiger partial charge on any atom is 0.342 e. The number of aromatic carboxylic acids is 1. The van der Waals surface area contributed by atoms with E-state index >= 15 is 0 Å². The molecule has 1 N–H and O–H groups in total. The highest BCUT2D eigenvalue weighted by Crippen LogP contribution is 2.27. The van der Waals surface area contributed by atoms with Crippen LogP contribution in [0.1, 0.15) is 10.4 Å². The van der Waals surface area contributed by atoms with Crippen LogP contribution in [0.3, 0.4) is 0 Å². The summed E-state index contributed by atoms with van der Waals surface area (Å²) >= 11 is 0. The van der Waals surface area contributed by atoms with Crippen LogP contribution < -0.4 is 4.74 Å². The predicted octanol–water partition coefficient (Wildman–Crippen LogP) is 1.46. The molecule has 0 fully saturated rings. The maximum absolute atomic E-state index is 13.4. The summed E-state index contributed by atoms with van der Waals surface area (Å²) in [6, 6.07) is 1.30. The van der Waals surface area contributed by atoms with Crippen molar-refractivity contribution in [3.63, 3.8) is 0 Å². The van der Waals surface area contributed by atoms with Crippen molar-refractivity contribution in [2.45, 2.75) is 0 Å². The zero-order chi connectivity index (χ0) is 13.7. The third-order valence-corrected chi connectivity index (χ3v) is 2.02. The molecule has 0 heterocycles. The van der Waals surface area contributed by atoms with Crippen molar-refractivity contribution in [1.29, 1.82) is 0 Å². The molecule has 8 heteroatoms. The molecule has 18 heavy (non-hydrogen) atoms. The number of nitro benzene ring substituents is 1. The van der Waals surface area contributed by atoms with Crippen molar-refractivity contribution in [3.8, 4) is 5.75 Å². The summed E-state index contributed by atoms with van der Waals surface area (Å²) in [7, 11) is 1.41. The summed E-state index contributed by atoms with van der Waals surface area (Å²) in [5.74, 6) is -2.89. The lowest BCUT2D eigenvalue weighted by atomic mass is 10.1. The third kappa shape index (κ3) is 3.14. The minimum atomic E-state index is -1.53. The van der Waals surface area contributed by atoms with Gasteiger partial charge in [-0.05, 0) is 0 Å². The molecule has 98 valence electrons. The van der Waals surface area contributed by atoms with Gasteiger partial charge in [0.15, 0.2) is 11.6 Å². The first-order valence-corrected chi connectivity index (χ1v) is 4.80. The van der Waals surface area contributed by atoms with Crippen molar-refractivity contribution in [1.82, 2.24) is 0 Å². The number of carboxylic acids is 1. The summed E-state index contributed by atoms with van der Waals surface area (Å²) in [6.07, 6.45) is 0. The molecule has 1 aromatic rings.